The Morgan fingerprint density at radius 3 is 3.06 bits per heavy atom. The first-order valence-electron chi connectivity index (χ1n) is 6.41. The molecule has 1 aliphatic carbocycles. The quantitative estimate of drug-likeness (QED) is 0.832. The van der Waals surface area contributed by atoms with Crippen LogP contribution in [-0.4, -0.2) is 9.97 Å². The molecule has 0 aromatic carbocycles. The highest BCUT2D eigenvalue weighted by molar-refractivity contribution is 5.42. The summed E-state index contributed by atoms with van der Waals surface area (Å²) in [5, 5.41) is 0. The van der Waals surface area contributed by atoms with Crippen LogP contribution in [0.1, 0.15) is 41.1 Å². The van der Waals surface area contributed by atoms with Gasteiger partial charge in [-0.25, -0.2) is 4.98 Å². The summed E-state index contributed by atoms with van der Waals surface area (Å²) in [7, 11) is 0. The second kappa shape index (κ2) is 4.41. The van der Waals surface area contributed by atoms with Crippen LogP contribution in [0.15, 0.2) is 30.6 Å². The molecule has 0 saturated heterocycles. The molecule has 2 aromatic heterocycles. The number of pyridine rings is 2. The van der Waals surface area contributed by atoms with Crippen LogP contribution in [0, 0.1) is 6.92 Å². The summed E-state index contributed by atoms with van der Waals surface area (Å²) < 4.78 is 0. The molecule has 3 nitrogen and oxygen atoms in total. The number of nitrogens with zero attached hydrogens (tertiary/aromatic N) is 2. The first kappa shape index (κ1) is 11.2. The van der Waals surface area contributed by atoms with Crippen LogP contribution in [0.25, 0.3) is 0 Å². The average molecular weight is 239 g/mol. The highest BCUT2D eigenvalue weighted by atomic mass is 14.8. The fourth-order valence-electron chi connectivity index (χ4n) is 2.87. The molecule has 2 N–H and O–H groups in total. The lowest BCUT2D eigenvalue weighted by atomic mass is 9.81. The van der Waals surface area contributed by atoms with Crippen molar-refractivity contribution in [2.24, 2.45) is 0 Å². The Morgan fingerprint density at radius 1 is 1.33 bits per heavy atom. The molecule has 2 heterocycles. The number of rotatable bonds is 1. The Bertz CT molecular complexity index is 578. The maximum atomic E-state index is 5.72. The molecule has 92 valence electrons. The van der Waals surface area contributed by atoms with Gasteiger partial charge >= 0.3 is 0 Å². The first-order chi connectivity index (χ1) is 8.75. The Labute approximate surface area is 107 Å². The summed E-state index contributed by atoms with van der Waals surface area (Å²) in [6.45, 7) is 2.10. The van der Waals surface area contributed by atoms with E-state index in [2.05, 4.69) is 23.0 Å². The van der Waals surface area contributed by atoms with Crippen LogP contribution in [-0.2, 0) is 6.42 Å². The molecule has 0 saturated carbocycles. The average Bonchev–Trinajstić information content (AvgIpc) is 2.38. The molecule has 0 radical (unpaired) electrons. The van der Waals surface area contributed by atoms with Crippen molar-refractivity contribution in [1.29, 1.82) is 0 Å². The van der Waals surface area contributed by atoms with Crippen LogP contribution in [0.5, 0.6) is 0 Å². The Balaban J connectivity index is 2.08. The predicted octanol–water partition coefficient (Wildman–Crippen LogP) is 2.84. The molecule has 0 spiro atoms. The van der Waals surface area contributed by atoms with Crippen LogP contribution in [0.2, 0.25) is 0 Å². The summed E-state index contributed by atoms with van der Waals surface area (Å²) in [6.07, 6.45) is 7.31. The fourth-order valence-corrected chi connectivity index (χ4v) is 2.87. The molecule has 2 aromatic rings. The number of fused-ring (bicyclic) bond motifs is 1. The highest BCUT2D eigenvalue weighted by Crippen LogP contribution is 2.36. The lowest BCUT2D eigenvalue weighted by Gasteiger charge is -2.25. The molecule has 0 fully saturated rings. The van der Waals surface area contributed by atoms with Gasteiger partial charge in [-0.15, -0.1) is 0 Å². The van der Waals surface area contributed by atoms with Gasteiger partial charge in [-0.05, 0) is 55.0 Å². The van der Waals surface area contributed by atoms with Crippen molar-refractivity contribution in [2.75, 3.05) is 5.73 Å². The topological polar surface area (TPSA) is 51.8 Å². The van der Waals surface area contributed by atoms with E-state index < -0.39 is 0 Å². The predicted molar refractivity (Wildman–Crippen MR) is 72.4 cm³/mol. The van der Waals surface area contributed by atoms with E-state index in [0.717, 1.165) is 12.8 Å². The monoisotopic (exact) mass is 239 g/mol. The summed E-state index contributed by atoms with van der Waals surface area (Å²) in [4.78, 5) is 8.82. The number of hydrogen-bond donors (Lipinski definition) is 1. The van der Waals surface area contributed by atoms with E-state index in [1.807, 2.05) is 24.5 Å². The van der Waals surface area contributed by atoms with Crippen LogP contribution < -0.4 is 5.73 Å². The minimum Gasteiger partial charge on any atom is -0.384 e. The van der Waals surface area contributed by atoms with Gasteiger partial charge < -0.3 is 5.73 Å². The third-order valence-electron chi connectivity index (χ3n) is 3.74. The van der Waals surface area contributed by atoms with Crippen molar-refractivity contribution in [3.05, 3.63) is 53.0 Å². The van der Waals surface area contributed by atoms with Crippen LogP contribution in [0.3, 0.4) is 0 Å². The molecule has 3 rings (SSSR count). The second-order valence-electron chi connectivity index (χ2n) is 4.96. The van der Waals surface area contributed by atoms with Gasteiger partial charge in [0, 0.05) is 18.3 Å². The van der Waals surface area contributed by atoms with E-state index in [1.165, 1.54) is 28.8 Å². The number of hydrogen-bond acceptors (Lipinski definition) is 3. The highest BCUT2D eigenvalue weighted by Gasteiger charge is 2.24. The van der Waals surface area contributed by atoms with Gasteiger partial charge in [0.2, 0.25) is 0 Å². The van der Waals surface area contributed by atoms with Gasteiger partial charge in [-0.3, -0.25) is 4.98 Å². The summed E-state index contributed by atoms with van der Waals surface area (Å²) in [5.41, 5.74) is 10.8. The zero-order valence-electron chi connectivity index (χ0n) is 10.6. The number of nitrogens with two attached hydrogens (primary N) is 1. The van der Waals surface area contributed by atoms with Gasteiger partial charge in [0.1, 0.15) is 5.82 Å². The standard InChI is InChI=1S/C15H17N3/c1-10-8-14(16)18-9-13(10)12-6-2-4-11-5-3-7-17-15(11)12/h3,5,7-9,12H,2,4,6H2,1H3,(H2,16,18). The smallest absolute Gasteiger partial charge is 0.123 e. The molecule has 0 amide bonds. The fraction of sp³-hybridized carbons (Fsp3) is 0.333. The zero-order chi connectivity index (χ0) is 12.5. The van der Waals surface area contributed by atoms with Crippen molar-refractivity contribution in [3.8, 4) is 0 Å². The Kier molecular flexibility index (Phi) is 2.74. The normalized spacial score (nSPS) is 18.4. The molecule has 0 aliphatic heterocycles. The molecule has 0 bridgehead atoms. The van der Waals surface area contributed by atoms with Gasteiger partial charge in [0.25, 0.3) is 0 Å². The van der Waals surface area contributed by atoms with Crippen molar-refractivity contribution in [1.82, 2.24) is 9.97 Å². The lowest BCUT2D eigenvalue weighted by molar-refractivity contribution is 0.595. The Morgan fingerprint density at radius 2 is 2.22 bits per heavy atom. The summed E-state index contributed by atoms with van der Waals surface area (Å²) in [5.74, 6) is 0.969. The van der Waals surface area contributed by atoms with Gasteiger partial charge in [0.05, 0.1) is 5.69 Å². The van der Waals surface area contributed by atoms with E-state index in [0.29, 0.717) is 11.7 Å². The third-order valence-corrected chi connectivity index (χ3v) is 3.74. The summed E-state index contributed by atoms with van der Waals surface area (Å²) >= 11 is 0. The van der Waals surface area contributed by atoms with Crippen molar-refractivity contribution >= 4 is 5.82 Å². The minimum atomic E-state index is 0.378. The van der Waals surface area contributed by atoms with Gasteiger partial charge in [0.15, 0.2) is 0 Å². The Hall–Kier alpha value is -1.90. The summed E-state index contributed by atoms with van der Waals surface area (Å²) in [6, 6.07) is 6.16. The van der Waals surface area contributed by atoms with E-state index >= 15 is 0 Å². The van der Waals surface area contributed by atoms with E-state index in [1.54, 1.807) is 0 Å². The molecular formula is C15H17N3. The molecule has 1 atom stereocenters. The van der Waals surface area contributed by atoms with Crippen LogP contribution >= 0.6 is 0 Å². The van der Waals surface area contributed by atoms with Gasteiger partial charge in [-0.1, -0.05) is 6.07 Å². The maximum absolute atomic E-state index is 5.72. The van der Waals surface area contributed by atoms with Crippen molar-refractivity contribution in [2.45, 2.75) is 32.1 Å². The maximum Gasteiger partial charge on any atom is 0.123 e. The van der Waals surface area contributed by atoms with Crippen molar-refractivity contribution in [3.63, 3.8) is 0 Å². The van der Waals surface area contributed by atoms with Crippen LogP contribution in [0.4, 0.5) is 5.82 Å². The third kappa shape index (κ3) is 1.86. The molecule has 18 heavy (non-hydrogen) atoms. The largest absolute Gasteiger partial charge is 0.384 e. The molecule has 1 aliphatic rings. The number of aromatic nitrogens is 2. The minimum absolute atomic E-state index is 0.378. The van der Waals surface area contributed by atoms with E-state index in [-0.39, 0.29) is 0 Å². The molecule has 3 heteroatoms. The van der Waals surface area contributed by atoms with Gasteiger partial charge in [-0.2, -0.15) is 0 Å². The second-order valence-corrected chi connectivity index (χ2v) is 4.96. The van der Waals surface area contributed by atoms with Crippen molar-refractivity contribution < 1.29 is 0 Å². The zero-order valence-corrected chi connectivity index (χ0v) is 10.6. The lowest BCUT2D eigenvalue weighted by Crippen LogP contribution is -2.14. The number of aryl methyl sites for hydroxylation is 2. The first-order valence-corrected chi connectivity index (χ1v) is 6.41. The van der Waals surface area contributed by atoms with E-state index in [4.69, 9.17) is 5.73 Å². The SMILES string of the molecule is Cc1cc(N)ncc1C1CCCc2cccnc21. The molecule has 1 unspecified atom stereocenters. The molecular weight excluding hydrogens is 222 g/mol. The number of nitrogen functional groups attached to an aromatic ring is 1. The van der Waals surface area contributed by atoms with E-state index in [9.17, 15) is 0 Å². The number of anilines is 1.